The Labute approximate surface area is 427 Å². The second-order valence-corrected chi connectivity index (χ2v) is 18.0. The van der Waals surface area contributed by atoms with Crippen LogP contribution in [0.4, 0.5) is 8.78 Å². The van der Waals surface area contributed by atoms with Crippen molar-refractivity contribution in [2.45, 2.75) is 38.9 Å². The second-order valence-electron chi connectivity index (χ2n) is 18.0. The Balaban J connectivity index is 0.00000624. The molecule has 10 aromatic rings. The van der Waals surface area contributed by atoms with E-state index < -0.39 is 11.2 Å². The van der Waals surface area contributed by atoms with Crippen LogP contribution in [-0.2, 0) is 31.3 Å². The van der Waals surface area contributed by atoms with E-state index in [0.29, 0.717) is 34.0 Å². The molecule has 0 saturated heterocycles. The summed E-state index contributed by atoms with van der Waals surface area (Å²) in [5, 5.41) is 0. The summed E-state index contributed by atoms with van der Waals surface area (Å²) in [6.45, 7) is 7.99. The minimum Gasteiger partial charge on any atom is -0.483 e. The molecule has 10 rings (SSSR count). The molecule has 3 heterocycles. The minimum absolute atomic E-state index is 0. The number of benzene rings is 7. The van der Waals surface area contributed by atoms with Crippen molar-refractivity contribution in [2.24, 2.45) is 0 Å². The van der Waals surface area contributed by atoms with Gasteiger partial charge in [0.05, 0.1) is 0 Å². The molecular weight excluding hydrogens is 1060 g/mol. The van der Waals surface area contributed by atoms with Crippen LogP contribution >= 0.6 is 0 Å². The molecule has 0 atom stereocenters. The first-order valence-corrected chi connectivity index (χ1v) is 23.0. The van der Waals surface area contributed by atoms with Crippen molar-refractivity contribution in [3.63, 3.8) is 0 Å². The smallest absolute Gasteiger partial charge is 0.483 e. The molecule has 0 bridgehead atoms. The van der Waals surface area contributed by atoms with Gasteiger partial charge >= 0.3 is 20.1 Å². The van der Waals surface area contributed by atoms with Gasteiger partial charge in [-0.25, -0.2) is 0 Å². The second kappa shape index (κ2) is 20.6. The van der Waals surface area contributed by atoms with E-state index in [1.165, 1.54) is 24.3 Å². The van der Waals surface area contributed by atoms with E-state index in [0.717, 1.165) is 66.9 Å². The Kier molecular flexibility index (Phi) is 14.0. The van der Waals surface area contributed by atoms with E-state index in [9.17, 15) is 8.78 Å². The van der Waals surface area contributed by atoms with Gasteiger partial charge in [0.1, 0.15) is 22.7 Å². The summed E-state index contributed by atoms with van der Waals surface area (Å²) in [4.78, 5) is 14.5. The number of hydrogen-bond donors (Lipinski definition) is 0. The molecule has 0 saturated carbocycles. The molecule has 7 aromatic carbocycles. The quantitative estimate of drug-likeness (QED) is 0.108. The number of pyridine rings is 3. The maximum atomic E-state index is 13.7. The zero-order chi connectivity index (χ0) is 48.2. The van der Waals surface area contributed by atoms with Gasteiger partial charge in [0.2, 0.25) is 0 Å². The fourth-order valence-corrected chi connectivity index (χ4v) is 8.55. The predicted octanol–water partition coefficient (Wildman–Crippen LogP) is 15.8. The molecule has 0 aliphatic rings. The van der Waals surface area contributed by atoms with Crippen LogP contribution in [0.3, 0.4) is 0 Å². The molecule has 0 spiro atoms. The maximum Gasteiger partial charge on any atom is 3.00 e. The first-order chi connectivity index (χ1) is 34.0. The molecule has 0 unspecified atom stereocenters. The fourth-order valence-electron chi connectivity index (χ4n) is 8.55. The molecule has 0 fully saturated rings. The molecular formula is C63H46F2IrN3O2. The third-order valence-corrected chi connectivity index (χ3v) is 12.4. The van der Waals surface area contributed by atoms with Crippen molar-refractivity contribution in [3.05, 3.63) is 248 Å². The van der Waals surface area contributed by atoms with Gasteiger partial charge in [0.25, 0.3) is 0 Å². The number of hydrogen-bond acceptors (Lipinski definition) is 5. The Hall–Kier alpha value is -7.90. The van der Waals surface area contributed by atoms with E-state index in [4.69, 9.17) is 24.4 Å². The van der Waals surface area contributed by atoms with Gasteiger partial charge in [-0.2, -0.15) is 0 Å². The van der Waals surface area contributed by atoms with Crippen LogP contribution in [0, 0.1) is 29.8 Å². The normalized spacial score (nSPS) is 11.4. The van der Waals surface area contributed by atoms with Gasteiger partial charge in [-0.3, -0.25) is 8.78 Å². The van der Waals surface area contributed by atoms with Crippen molar-refractivity contribution >= 4 is 0 Å². The first-order valence-electron chi connectivity index (χ1n) is 23.0. The molecule has 71 heavy (non-hydrogen) atoms. The Bertz CT molecular complexity index is 3280. The Morgan fingerprint density at radius 3 is 1.42 bits per heavy atom. The summed E-state index contributed by atoms with van der Waals surface area (Å²) >= 11 is 0. The number of nitrogens with zero attached hydrogens (tertiary/aromatic N) is 3. The molecule has 348 valence electrons. The van der Waals surface area contributed by atoms with Crippen molar-refractivity contribution in [3.8, 4) is 89.8 Å². The molecule has 3 aromatic heterocycles. The summed E-state index contributed by atoms with van der Waals surface area (Å²) in [6.07, 6.45) is 5.52. The summed E-state index contributed by atoms with van der Waals surface area (Å²) in [5.41, 5.74) is 12.5. The Morgan fingerprint density at radius 1 is 0.394 bits per heavy atom. The van der Waals surface area contributed by atoms with Crippen LogP contribution in [0.15, 0.2) is 207 Å². The first kappa shape index (κ1) is 48.1. The molecule has 5 nitrogen and oxygen atoms in total. The van der Waals surface area contributed by atoms with Gasteiger partial charge in [-0.15, -0.1) is 95.6 Å². The average Bonchev–Trinajstić information content (AvgIpc) is 3.39. The van der Waals surface area contributed by atoms with Crippen LogP contribution in [0.5, 0.6) is 11.5 Å². The van der Waals surface area contributed by atoms with E-state index in [1.807, 2.05) is 119 Å². The average molecular weight is 1110 g/mol. The number of ether oxygens (including phenoxy) is 2. The van der Waals surface area contributed by atoms with Gasteiger partial charge < -0.3 is 24.4 Å². The van der Waals surface area contributed by atoms with Crippen molar-refractivity contribution < 1.29 is 38.4 Å². The molecule has 0 aliphatic heterocycles. The standard InChI is InChI=1S/C63H46F2N3O2.Ir/c1-62(2,49-27-33-59(66-39-49)46-23-29-51(64)30-24-46)69-53-35-48(36-54(37-53)70-63(3,4)50-28-34-60(67-40-50)47-25-31-52(65)32-26-47)55-17-11-12-18-56(55)58-41-68-61(45-15-9-6-10-16-45)38-57(58)44-21-19-43(20-22-44)42-13-7-5-8-14-42;/h5-15,17-23,25,27-41H,1-4H3;/q-3;+3. The fraction of sp³-hybridized carbons (Fsp3) is 0.0952. The topological polar surface area (TPSA) is 57.1 Å². The van der Waals surface area contributed by atoms with Crippen LogP contribution in [0.1, 0.15) is 38.8 Å². The van der Waals surface area contributed by atoms with Crippen LogP contribution in [-0.4, -0.2) is 15.0 Å². The summed E-state index contributed by atoms with van der Waals surface area (Å²) in [7, 11) is 0. The largest absolute Gasteiger partial charge is 3.00 e. The van der Waals surface area contributed by atoms with Crippen LogP contribution in [0.2, 0.25) is 0 Å². The van der Waals surface area contributed by atoms with E-state index in [2.05, 4.69) is 84.9 Å². The van der Waals surface area contributed by atoms with E-state index in [-0.39, 0.29) is 31.7 Å². The number of aromatic nitrogens is 3. The SMILES string of the molecule is CC(C)(Oc1cc(OC(C)(C)c2ccc(-c3[c-]cc(F)cc3)nc2)cc(-c2ccccc2-c2cnc(-c3[c-]cccc3)cc2-c2ccc(-c3ccccc3)cc2)c1)c1ccc(-c2[c-]cc(F)cc2)nc1.[Ir+3]. The monoisotopic (exact) mass is 1110 g/mol. The van der Waals surface area contributed by atoms with Gasteiger partial charge in [0.15, 0.2) is 0 Å². The molecule has 0 radical (unpaired) electrons. The van der Waals surface area contributed by atoms with Crippen molar-refractivity contribution in [1.29, 1.82) is 0 Å². The van der Waals surface area contributed by atoms with Crippen LogP contribution < -0.4 is 9.47 Å². The summed E-state index contributed by atoms with van der Waals surface area (Å²) in [5.74, 6) is 0.438. The molecule has 0 N–H and O–H groups in total. The zero-order valence-electron chi connectivity index (χ0n) is 39.4. The predicted molar refractivity (Wildman–Crippen MR) is 274 cm³/mol. The van der Waals surface area contributed by atoms with E-state index >= 15 is 0 Å². The number of halogens is 2. The summed E-state index contributed by atoms with van der Waals surface area (Å²) < 4.78 is 41.3. The minimum atomic E-state index is -0.854. The van der Waals surface area contributed by atoms with Crippen LogP contribution in [0.25, 0.3) is 78.3 Å². The van der Waals surface area contributed by atoms with Crippen molar-refractivity contribution in [2.75, 3.05) is 0 Å². The third-order valence-electron chi connectivity index (χ3n) is 12.4. The zero-order valence-corrected chi connectivity index (χ0v) is 41.8. The third kappa shape index (κ3) is 10.8. The van der Waals surface area contributed by atoms with Gasteiger partial charge in [-0.05, 0) is 95.9 Å². The molecule has 0 amide bonds. The molecule has 0 aliphatic carbocycles. The summed E-state index contributed by atoms with van der Waals surface area (Å²) in [6, 6.07) is 69.1. The van der Waals surface area contributed by atoms with Gasteiger partial charge in [0, 0.05) is 53.0 Å². The molecule has 8 heteroatoms. The van der Waals surface area contributed by atoms with Crippen molar-refractivity contribution in [1.82, 2.24) is 15.0 Å². The van der Waals surface area contributed by atoms with E-state index in [1.54, 1.807) is 24.5 Å². The maximum absolute atomic E-state index is 13.7. The van der Waals surface area contributed by atoms with Gasteiger partial charge in [-0.1, -0.05) is 109 Å². The number of rotatable bonds is 13. The Morgan fingerprint density at radius 2 is 0.901 bits per heavy atom.